The van der Waals surface area contributed by atoms with E-state index >= 15 is 0 Å². The molecule has 0 heterocycles. The zero-order valence-electron chi connectivity index (χ0n) is 72.8. The largest absolute Gasteiger partial charge is 1.00 e. The number of aryl methyl sites for hydroxylation is 4. The van der Waals surface area contributed by atoms with Gasteiger partial charge >= 0.3 is 75.6 Å². The van der Waals surface area contributed by atoms with E-state index in [1.165, 1.54) is 66.3 Å². The molecule has 3 aromatic rings. The molecule has 0 radical (unpaired) electrons. The van der Waals surface area contributed by atoms with Gasteiger partial charge in [-0.3, -0.25) is 0 Å². The fourth-order valence-corrected chi connectivity index (χ4v) is 45.6. The van der Waals surface area contributed by atoms with Gasteiger partial charge in [-0.05, 0) is 289 Å². The third-order valence-corrected chi connectivity index (χ3v) is 51.4. The Balaban J connectivity index is 0.000000150. The van der Waals surface area contributed by atoms with Crippen LogP contribution in [-0.4, -0.2) is 32.3 Å². The topological polar surface area (TPSA) is 0 Å². The predicted octanol–water partition coefficient (Wildman–Crippen LogP) is 24.7. The van der Waals surface area contributed by atoms with Crippen molar-refractivity contribution in [3.63, 3.8) is 0 Å². The van der Waals surface area contributed by atoms with Crippen molar-refractivity contribution in [2.75, 3.05) is 0 Å². The first-order valence-corrected chi connectivity index (χ1v) is 64.0. The van der Waals surface area contributed by atoms with Crippen LogP contribution in [0.4, 0.5) is 0 Å². The minimum atomic E-state index is -1.62. The molecule has 18 rings (SSSR count). The summed E-state index contributed by atoms with van der Waals surface area (Å²) in [6.07, 6.45) is 56.3. The second-order valence-corrected chi connectivity index (χ2v) is 67.0. The molecule has 9 heteroatoms. The third kappa shape index (κ3) is 17.9. The van der Waals surface area contributed by atoms with E-state index in [1.807, 2.05) is 0 Å². The maximum Gasteiger partial charge on any atom is 1.00 e. The molecule has 0 saturated heterocycles. The molecule has 21 unspecified atom stereocenters. The fraction of sp³-hybridized carbons (Fsp3) is 0.735. The van der Waals surface area contributed by atoms with Crippen LogP contribution < -0.4 is 37.7 Å². The van der Waals surface area contributed by atoms with E-state index in [1.54, 1.807) is 215 Å². The quantitative estimate of drug-likeness (QED) is 0.133. The van der Waals surface area contributed by atoms with Crippen LogP contribution in [0.5, 0.6) is 0 Å². The molecule has 10 fully saturated rings. The molecule has 15 aliphatic rings. The molecule has 0 bridgehead atoms. The summed E-state index contributed by atoms with van der Waals surface area (Å²) in [4.78, 5) is 0. The van der Waals surface area contributed by atoms with Crippen molar-refractivity contribution in [3.8, 4) is 0 Å². The normalized spacial score (nSPS) is 34.9. The molecule has 0 aliphatic heterocycles. The summed E-state index contributed by atoms with van der Waals surface area (Å²) < 4.78 is 0. The van der Waals surface area contributed by atoms with Crippen molar-refractivity contribution in [2.45, 2.75) is 346 Å². The molecule has 0 aromatic heterocycles. The summed E-state index contributed by atoms with van der Waals surface area (Å²) >= 11 is -0.826. The number of halogens is 2. The molecule has 0 N–H and O–H groups in total. The minimum absolute atomic E-state index is 0. The summed E-state index contributed by atoms with van der Waals surface area (Å²) in [6.45, 7) is 44.0. The number of allylic oxidation sites excluding steroid dienone is 5. The van der Waals surface area contributed by atoms with Gasteiger partial charge in [0.1, 0.15) is 0 Å². The second-order valence-electron chi connectivity index (χ2n) is 42.8. The van der Waals surface area contributed by atoms with Gasteiger partial charge < -0.3 is 14.9 Å². The Morgan fingerprint density at radius 1 is 0.364 bits per heavy atom. The first kappa shape index (κ1) is 89.7. The van der Waals surface area contributed by atoms with Crippen LogP contribution in [0.1, 0.15) is 295 Å². The molecule has 0 spiro atoms. The molecular weight excluding hydrogens is 1470 g/mol. The van der Waals surface area contributed by atoms with Crippen LogP contribution in [0, 0.1) is 121 Å². The molecule has 15 aliphatic carbocycles. The number of benzene rings is 3. The maximum absolute atomic E-state index is 4.93. The van der Waals surface area contributed by atoms with E-state index in [4.69, 9.17) is 17.0 Å². The Labute approximate surface area is 707 Å². The number of fused-ring (bicyclic) bond motifs is 11. The first-order chi connectivity index (χ1) is 49.2. The van der Waals surface area contributed by atoms with Gasteiger partial charge in [0.25, 0.3) is 0 Å². The standard InChI is InChI=1S/2C26H46Si.C26H30Si.C18H26Si.2CH3.2ClH.2Li.Zr/c3*1-17(2)22-16-26(24-15-20-10-7-9-19(20)14-23(22)24)27(3,4)25-13-12-18-8-5-6-11-21(18)25;1-12(2)15-11-18(19(3,4)5)17-10-14-8-6-7-13(14)9-16(15)17;;;;;;;/h2*17-26H,5-16H2,1-4H3;5-6,8,11-17,25-26H,7,9-10H2,1-4H3;9-12,18H,6-8H2,1-5H3;2*1H3;2*1H;;;/q;;;;2*-1;;;2*+1;+4/p-2. The molecular formula is C98H154Cl2Li2Si4Zr+2. The van der Waals surface area contributed by atoms with Crippen LogP contribution in [0.3, 0.4) is 0 Å². The van der Waals surface area contributed by atoms with E-state index in [0.717, 1.165) is 100 Å². The van der Waals surface area contributed by atoms with Crippen LogP contribution in [0.25, 0.3) is 17.2 Å². The Morgan fingerprint density at radius 2 is 0.738 bits per heavy atom. The first-order valence-electron chi connectivity index (χ1n) is 44.7. The van der Waals surface area contributed by atoms with Crippen molar-refractivity contribution in [1.82, 2.24) is 0 Å². The van der Waals surface area contributed by atoms with Gasteiger partial charge in [0.15, 0.2) is 0 Å². The zero-order chi connectivity index (χ0) is 72.8. The zero-order valence-corrected chi connectivity index (χ0v) is 80.8. The van der Waals surface area contributed by atoms with E-state index < -0.39 is 53.1 Å². The van der Waals surface area contributed by atoms with Crippen LogP contribution in [-0.2, 0) is 46.5 Å². The van der Waals surface area contributed by atoms with Crippen molar-refractivity contribution < 1.29 is 58.6 Å². The van der Waals surface area contributed by atoms with Gasteiger partial charge in [-0.2, -0.15) is 0 Å². The molecule has 3 aromatic carbocycles. The fourth-order valence-electron chi connectivity index (χ4n) is 29.3. The molecule has 107 heavy (non-hydrogen) atoms. The Kier molecular flexibility index (Phi) is 31.2. The third-order valence-electron chi connectivity index (χ3n) is 34.5. The van der Waals surface area contributed by atoms with Gasteiger partial charge in [-0.25, -0.2) is 0 Å². The SMILES string of the molecule is CC(C)C1=CC([Si](C)(C)C)c2cc3c(cc21)CCC3.CC(C)C1=CC([Si](C)(C)C2C=Cc3ccccc32)c2cc3c(cc21)CCC3.CC(C)C1CC([Si](C)(C)C2CCC3CCCCC32)C2CC3CCCC3CC12.CC(C)C1CC([Si](C)(C)C2CCC3CCCCC32)C2CC3CCCC3CC12.[CH3-].[CH3-].[Cl][Zr+2][Cl].[Li+].[Li+]. The van der Waals surface area contributed by atoms with Gasteiger partial charge in [-0.15, -0.1) is 0 Å². The predicted molar refractivity (Wildman–Crippen MR) is 471 cm³/mol. The number of hydrogen-bond donors (Lipinski definition) is 0. The minimum Gasteiger partial charge on any atom is 1.00 e. The average molecular weight is 1620 g/mol. The Morgan fingerprint density at radius 3 is 1.15 bits per heavy atom. The summed E-state index contributed by atoms with van der Waals surface area (Å²) in [5.74, 6) is 18.9. The van der Waals surface area contributed by atoms with Crippen molar-refractivity contribution >= 4 is 66.5 Å². The Bertz CT molecular complexity index is 3440. The summed E-state index contributed by atoms with van der Waals surface area (Å²) in [5, 5.41) is 0. The van der Waals surface area contributed by atoms with Crippen molar-refractivity contribution in [1.29, 1.82) is 0 Å². The van der Waals surface area contributed by atoms with Gasteiger partial charge in [0.05, 0.1) is 32.3 Å². The van der Waals surface area contributed by atoms with E-state index in [9.17, 15) is 0 Å². The van der Waals surface area contributed by atoms with Gasteiger partial charge in [0.2, 0.25) is 0 Å². The molecule has 0 amide bonds. The van der Waals surface area contributed by atoms with Crippen LogP contribution in [0.2, 0.25) is 81.1 Å². The molecule has 0 nitrogen and oxygen atoms in total. The summed E-state index contributed by atoms with van der Waals surface area (Å²) in [5.41, 5.74) is 25.8. The van der Waals surface area contributed by atoms with E-state index in [2.05, 4.69) is 187 Å². The Hall–Kier alpha value is 0.405. The average Bonchev–Trinajstić information content (AvgIpc) is 1.61. The molecule has 580 valence electrons. The van der Waals surface area contributed by atoms with Gasteiger partial charge in [-0.1, -0.05) is 303 Å². The van der Waals surface area contributed by atoms with Crippen molar-refractivity contribution in [2.24, 2.45) is 107 Å². The molecule has 21 atom stereocenters. The van der Waals surface area contributed by atoms with Gasteiger partial charge in [0, 0.05) is 0 Å². The van der Waals surface area contributed by atoms with Crippen LogP contribution >= 0.6 is 17.0 Å². The maximum atomic E-state index is 4.93. The number of hydrogen-bond acceptors (Lipinski definition) is 0. The van der Waals surface area contributed by atoms with E-state index in [0.29, 0.717) is 22.9 Å². The number of rotatable bonds is 11. The second kappa shape index (κ2) is 37.1. The molecule has 10 saturated carbocycles. The summed E-state index contributed by atoms with van der Waals surface area (Å²) in [7, 11) is 4.70. The monoisotopic (exact) mass is 1620 g/mol. The van der Waals surface area contributed by atoms with E-state index in [-0.39, 0.29) is 52.6 Å². The summed E-state index contributed by atoms with van der Waals surface area (Å²) in [6, 6.07) is 19.3. The smallest absolute Gasteiger partial charge is 1.00 e. The van der Waals surface area contributed by atoms with Crippen molar-refractivity contribution in [3.05, 3.63) is 137 Å². The van der Waals surface area contributed by atoms with Crippen LogP contribution in [0.15, 0.2) is 66.8 Å².